The monoisotopic (exact) mass is 268 g/mol. The van der Waals surface area contributed by atoms with Gasteiger partial charge in [-0.05, 0) is 31.0 Å². The van der Waals surface area contributed by atoms with Gasteiger partial charge < -0.3 is 10.2 Å². The molecule has 0 aliphatic heterocycles. The maximum Gasteiger partial charge on any atom is 0.431 e. The van der Waals surface area contributed by atoms with E-state index in [-0.39, 0.29) is 28.2 Å². The van der Waals surface area contributed by atoms with Crippen LogP contribution in [0.15, 0.2) is 12.1 Å². The van der Waals surface area contributed by atoms with Gasteiger partial charge in [-0.1, -0.05) is 0 Å². The zero-order valence-electron chi connectivity index (χ0n) is 10.2. The predicted octanol–water partition coefficient (Wildman–Crippen LogP) is 1.80. The molecule has 1 rings (SSSR count). The van der Waals surface area contributed by atoms with Crippen molar-refractivity contribution in [1.29, 1.82) is 5.26 Å². The fraction of sp³-hybridized carbons (Fsp3) is 0.333. The molecule has 1 atom stereocenters. The molecule has 0 spiro atoms. The summed E-state index contributed by atoms with van der Waals surface area (Å²) in [5.74, 6) is -0.671. The van der Waals surface area contributed by atoms with E-state index in [1.54, 1.807) is 6.07 Å². The number of nitrogens with zero attached hydrogens (tertiary/aromatic N) is 2. The van der Waals surface area contributed by atoms with E-state index in [9.17, 15) is 14.4 Å². The van der Waals surface area contributed by atoms with E-state index >= 15 is 0 Å². The van der Waals surface area contributed by atoms with Gasteiger partial charge in [-0.2, -0.15) is 10.3 Å². The normalized spacial score (nSPS) is 11.7. The van der Waals surface area contributed by atoms with Crippen molar-refractivity contribution < 1.29 is 24.6 Å². The Bertz CT molecular complexity index is 527. The van der Waals surface area contributed by atoms with Crippen molar-refractivity contribution >= 4 is 6.09 Å². The molecule has 0 heterocycles. The first-order valence-electron chi connectivity index (χ1n) is 5.44. The number of aliphatic hydroxyl groups excluding tert-OH is 1. The Hall–Kier alpha value is -2.17. The second-order valence-electron chi connectivity index (χ2n) is 3.94. The number of aliphatic hydroxyl groups is 1. The van der Waals surface area contributed by atoms with Crippen LogP contribution >= 0.6 is 0 Å². The summed E-state index contributed by atoms with van der Waals surface area (Å²) in [6, 6.07) is 3.00. The molecule has 0 saturated carbocycles. The van der Waals surface area contributed by atoms with Gasteiger partial charge in [0, 0.05) is 12.2 Å². The highest BCUT2D eigenvalue weighted by Crippen LogP contribution is 2.26. The number of halogens is 1. The standard InChI is InChI=1S/C12H13FN2O4/c1-7-9(6-14)4-8(5-10(7)13)11(2-3-16)15(19)12(17)18/h4-5,11,16,19H,2-3H2,1H3,(H,17,18). The fourth-order valence-electron chi connectivity index (χ4n) is 1.69. The molecule has 0 radical (unpaired) electrons. The quantitative estimate of drug-likeness (QED) is 0.570. The van der Waals surface area contributed by atoms with E-state index in [2.05, 4.69) is 0 Å². The van der Waals surface area contributed by atoms with Crippen molar-refractivity contribution in [3.63, 3.8) is 0 Å². The fourth-order valence-corrected chi connectivity index (χ4v) is 1.69. The molecule has 0 bridgehead atoms. The number of hydroxylamine groups is 2. The first-order valence-corrected chi connectivity index (χ1v) is 5.44. The lowest BCUT2D eigenvalue weighted by Gasteiger charge is -2.23. The first kappa shape index (κ1) is 14.9. The maximum absolute atomic E-state index is 13.6. The molecule has 0 aromatic heterocycles. The van der Waals surface area contributed by atoms with Crippen molar-refractivity contribution in [3.8, 4) is 6.07 Å². The van der Waals surface area contributed by atoms with Gasteiger partial charge in [0.15, 0.2) is 0 Å². The second kappa shape index (κ2) is 6.13. The zero-order chi connectivity index (χ0) is 14.6. The lowest BCUT2D eigenvalue weighted by Crippen LogP contribution is -2.31. The van der Waals surface area contributed by atoms with Gasteiger partial charge >= 0.3 is 6.09 Å². The van der Waals surface area contributed by atoms with Crippen LogP contribution in [0, 0.1) is 24.1 Å². The second-order valence-corrected chi connectivity index (χ2v) is 3.94. The van der Waals surface area contributed by atoms with Gasteiger partial charge in [-0.3, -0.25) is 5.21 Å². The number of hydrogen-bond donors (Lipinski definition) is 3. The Morgan fingerprint density at radius 2 is 2.21 bits per heavy atom. The third kappa shape index (κ3) is 3.19. The van der Waals surface area contributed by atoms with Gasteiger partial charge in [0.25, 0.3) is 0 Å². The SMILES string of the molecule is Cc1c(F)cc(C(CCO)N(O)C(=O)O)cc1C#N. The highest BCUT2D eigenvalue weighted by molar-refractivity contribution is 5.64. The first-order chi connectivity index (χ1) is 8.92. The van der Waals surface area contributed by atoms with Crippen LogP contribution in [-0.2, 0) is 0 Å². The predicted molar refractivity (Wildman–Crippen MR) is 61.9 cm³/mol. The average Bonchev–Trinajstić information content (AvgIpc) is 2.38. The number of benzene rings is 1. The molecule has 7 heteroatoms. The Kier molecular flexibility index (Phi) is 4.80. The molecule has 102 valence electrons. The highest BCUT2D eigenvalue weighted by atomic mass is 19.1. The van der Waals surface area contributed by atoms with E-state index in [1.807, 2.05) is 0 Å². The molecule has 3 N–H and O–H groups in total. The minimum absolute atomic E-state index is 0.0124. The summed E-state index contributed by atoms with van der Waals surface area (Å²) in [6.07, 6.45) is -1.74. The van der Waals surface area contributed by atoms with Crippen LogP contribution in [-0.4, -0.2) is 33.2 Å². The number of hydrogen-bond acceptors (Lipinski definition) is 4. The lowest BCUT2D eigenvalue weighted by molar-refractivity contribution is -0.102. The summed E-state index contributed by atoms with van der Waals surface area (Å²) in [5, 5.41) is 35.9. The van der Waals surface area contributed by atoms with Gasteiger partial charge in [0.1, 0.15) is 5.82 Å². The summed E-state index contributed by atoms with van der Waals surface area (Å²) < 4.78 is 13.6. The molecular formula is C12H13FN2O4. The van der Waals surface area contributed by atoms with Crippen LogP contribution in [0.4, 0.5) is 9.18 Å². The van der Waals surface area contributed by atoms with Crippen molar-refractivity contribution in [3.05, 3.63) is 34.6 Å². The summed E-state index contributed by atoms with van der Waals surface area (Å²) in [4.78, 5) is 10.7. The van der Waals surface area contributed by atoms with Crippen molar-refractivity contribution in [1.82, 2.24) is 5.06 Å². The minimum atomic E-state index is -1.63. The smallest absolute Gasteiger partial charge is 0.431 e. The molecule has 1 aromatic rings. The minimum Gasteiger partial charge on any atom is -0.463 e. The number of nitriles is 1. The largest absolute Gasteiger partial charge is 0.463 e. The van der Waals surface area contributed by atoms with E-state index in [1.165, 1.54) is 13.0 Å². The Morgan fingerprint density at radius 1 is 1.58 bits per heavy atom. The van der Waals surface area contributed by atoms with Crippen LogP contribution < -0.4 is 0 Å². The molecule has 1 unspecified atom stereocenters. The zero-order valence-corrected chi connectivity index (χ0v) is 10.2. The van der Waals surface area contributed by atoms with Gasteiger partial charge in [0.05, 0.1) is 17.7 Å². The number of carbonyl (C=O) groups is 1. The average molecular weight is 268 g/mol. The van der Waals surface area contributed by atoms with Crippen molar-refractivity contribution in [2.24, 2.45) is 0 Å². The van der Waals surface area contributed by atoms with Crippen LogP contribution in [0.5, 0.6) is 0 Å². The van der Waals surface area contributed by atoms with Crippen molar-refractivity contribution in [2.45, 2.75) is 19.4 Å². The molecule has 1 amide bonds. The van der Waals surface area contributed by atoms with E-state index in [0.29, 0.717) is 0 Å². The maximum atomic E-state index is 13.6. The summed E-state index contributed by atoms with van der Waals surface area (Å²) in [7, 11) is 0. The summed E-state index contributed by atoms with van der Waals surface area (Å²) >= 11 is 0. The van der Waals surface area contributed by atoms with E-state index < -0.39 is 24.6 Å². The molecule has 0 saturated heterocycles. The molecule has 19 heavy (non-hydrogen) atoms. The Morgan fingerprint density at radius 3 is 2.68 bits per heavy atom. The number of amides is 1. The highest BCUT2D eigenvalue weighted by Gasteiger charge is 2.24. The molecular weight excluding hydrogens is 255 g/mol. The third-order valence-corrected chi connectivity index (χ3v) is 2.77. The van der Waals surface area contributed by atoms with Crippen LogP contribution in [0.25, 0.3) is 0 Å². The van der Waals surface area contributed by atoms with Gasteiger partial charge in [-0.15, -0.1) is 0 Å². The van der Waals surface area contributed by atoms with E-state index in [4.69, 9.17) is 15.5 Å². The van der Waals surface area contributed by atoms with E-state index in [0.717, 1.165) is 6.07 Å². The molecule has 0 aliphatic rings. The molecule has 0 aliphatic carbocycles. The Balaban J connectivity index is 3.28. The van der Waals surface area contributed by atoms with Gasteiger partial charge in [0.2, 0.25) is 0 Å². The topological polar surface area (TPSA) is 105 Å². The third-order valence-electron chi connectivity index (χ3n) is 2.77. The van der Waals surface area contributed by atoms with Gasteiger partial charge in [-0.25, -0.2) is 9.18 Å². The summed E-state index contributed by atoms with van der Waals surface area (Å²) in [6.45, 7) is 1.03. The number of rotatable bonds is 4. The van der Waals surface area contributed by atoms with Crippen molar-refractivity contribution in [2.75, 3.05) is 6.61 Å². The lowest BCUT2D eigenvalue weighted by atomic mass is 9.98. The Labute approximate surface area is 108 Å². The van der Waals surface area contributed by atoms with Crippen LogP contribution in [0.2, 0.25) is 0 Å². The summed E-state index contributed by atoms with van der Waals surface area (Å²) in [5.41, 5.74) is 0.309. The molecule has 0 fully saturated rings. The van der Waals surface area contributed by atoms with Crippen LogP contribution in [0.1, 0.15) is 29.2 Å². The molecule has 1 aromatic carbocycles. The molecule has 6 nitrogen and oxygen atoms in total. The van der Waals surface area contributed by atoms with Crippen LogP contribution in [0.3, 0.4) is 0 Å². The number of carboxylic acid groups (broad SMARTS) is 1.